The third-order valence-electron chi connectivity index (χ3n) is 3.52. The number of hydrogen-bond donors (Lipinski definition) is 1. The Morgan fingerprint density at radius 3 is 2.80 bits per heavy atom. The molecule has 1 fully saturated rings. The van der Waals surface area contributed by atoms with Crippen molar-refractivity contribution in [2.45, 2.75) is 25.4 Å². The van der Waals surface area contributed by atoms with Crippen LogP contribution >= 0.6 is 11.8 Å². The standard InChI is InChI=1S/C16H18FNOS/c17-13-5-3-12(4-6-13)16-8-7-15(19-16)10-18-14-2-1-9-20-11-14/h3-8,14,18H,1-2,9-11H2. The molecule has 1 unspecified atom stereocenters. The van der Waals surface area contributed by atoms with Crippen molar-refractivity contribution in [2.75, 3.05) is 11.5 Å². The molecule has 1 aliphatic heterocycles. The minimum atomic E-state index is -0.225. The van der Waals surface area contributed by atoms with E-state index in [1.165, 1.54) is 36.5 Å². The second kappa shape index (κ2) is 6.46. The SMILES string of the molecule is Fc1ccc(-c2ccc(CNC3CCCSC3)o2)cc1. The zero-order valence-electron chi connectivity index (χ0n) is 11.3. The highest BCUT2D eigenvalue weighted by atomic mass is 32.2. The molecular formula is C16H18FNOS. The van der Waals surface area contributed by atoms with Crippen LogP contribution in [0.5, 0.6) is 0 Å². The normalized spacial score (nSPS) is 19.1. The Morgan fingerprint density at radius 1 is 1.20 bits per heavy atom. The largest absolute Gasteiger partial charge is 0.460 e. The number of nitrogens with one attached hydrogen (secondary N) is 1. The Hall–Kier alpha value is -1.26. The third-order valence-corrected chi connectivity index (χ3v) is 4.73. The van der Waals surface area contributed by atoms with E-state index >= 15 is 0 Å². The Kier molecular flexibility index (Phi) is 4.43. The maximum Gasteiger partial charge on any atom is 0.134 e. The topological polar surface area (TPSA) is 25.2 Å². The summed E-state index contributed by atoms with van der Waals surface area (Å²) in [6.45, 7) is 0.756. The molecule has 0 amide bonds. The number of benzene rings is 1. The fraction of sp³-hybridized carbons (Fsp3) is 0.375. The van der Waals surface area contributed by atoms with Gasteiger partial charge >= 0.3 is 0 Å². The van der Waals surface area contributed by atoms with Crippen LogP contribution in [0, 0.1) is 5.82 Å². The second-order valence-electron chi connectivity index (χ2n) is 5.07. The van der Waals surface area contributed by atoms with Crippen LogP contribution < -0.4 is 5.32 Å². The Bertz CT molecular complexity index is 546. The summed E-state index contributed by atoms with van der Waals surface area (Å²) in [5.41, 5.74) is 0.908. The van der Waals surface area contributed by atoms with E-state index in [4.69, 9.17) is 4.42 Å². The molecule has 1 aliphatic rings. The molecular weight excluding hydrogens is 273 g/mol. The number of rotatable bonds is 4. The number of halogens is 1. The summed E-state index contributed by atoms with van der Waals surface area (Å²) < 4.78 is 18.7. The predicted molar refractivity (Wildman–Crippen MR) is 81.3 cm³/mol. The summed E-state index contributed by atoms with van der Waals surface area (Å²) in [4.78, 5) is 0. The molecule has 0 spiro atoms. The van der Waals surface area contributed by atoms with Crippen LogP contribution in [0.3, 0.4) is 0 Å². The van der Waals surface area contributed by atoms with Crippen molar-refractivity contribution in [2.24, 2.45) is 0 Å². The first-order valence-electron chi connectivity index (χ1n) is 6.97. The third kappa shape index (κ3) is 3.44. The monoisotopic (exact) mass is 291 g/mol. The molecule has 0 saturated carbocycles. The van der Waals surface area contributed by atoms with E-state index in [1.54, 1.807) is 12.1 Å². The van der Waals surface area contributed by atoms with Gasteiger partial charge in [0.25, 0.3) is 0 Å². The van der Waals surface area contributed by atoms with Gasteiger partial charge in [-0.05, 0) is 55.0 Å². The lowest BCUT2D eigenvalue weighted by Crippen LogP contribution is -2.33. The molecule has 1 N–H and O–H groups in total. The van der Waals surface area contributed by atoms with Gasteiger partial charge in [-0.25, -0.2) is 4.39 Å². The molecule has 4 heteroatoms. The lowest BCUT2D eigenvalue weighted by molar-refractivity contribution is 0.447. The minimum Gasteiger partial charge on any atom is -0.460 e. The van der Waals surface area contributed by atoms with Gasteiger partial charge in [0.15, 0.2) is 0 Å². The molecule has 3 rings (SSSR count). The maximum absolute atomic E-state index is 12.9. The minimum absolute atomic E-state index is 0.225. The number of thioether (sulfide) groups is 1. The molecule has 106 valence electrons. The van der Waals surface area contributed by atoms with Crippen LogP contribution in [-0.4, -0.2) is 17.5 Å². The molecule has 2 aromatic rings. The van der Waals surface area contributed by atoms with Gasteiger partial charge in [0.1, 0.15) is 17.3 Å². The van der Waals surface area contributed by atoms with E-state index in [0.29, 0.717) is 6.04 Å². The van der Waals surface area contributed by atoms with E-state index in [0.717, 1.165) is 23.6 Å². The van der Waals surface area contributed by atoms with E-state index in [2.05, 4.69) is 5.32 Å². The van der Waals surface area contributed by atoms with Crippen LogP contribution in [-0.2, 0) is 6.54 Å². The Morgan fingerprint density at radius 2 is 2.05 bits per heavy atom. The first-order valence-corrected chi connectivity index (χ1v) is 8.12. The molecule has 20 heavy (non-hydrogen) atoms. The molecule has 1 aromatic carbocycles. The molecule has 2 nitrogen and oxygen atoms in total. The quantitative estimate of drug-likeness (QED) is 0.919. The summed E-state index contributed by atoms with van der Waals surface area (Å²) in [6.07, 6.45) is 2.54. The van der Waals surface area contributed by atoms with Crippen molar-refractivity contribution in [3.8, 4) is 11.3 Å². The van der Waals surface area contributed by atoms with Gasteiger partial charge in [-0.2, -0.15) is 11.8 Å². The zero-order chi connectivity index (χ0) is 13.8. The molecule has 2 heterocycles. The van der Waals surface area contributed by atoms with Gasteiger partial charge in [-0.3, -0.25) is 0 Å². The van der Waals surface area contributed by atoms with Crippen LogP contribution in [0.2, 0.25) is 0 Å². The van der Waals surface area contributed by atoms with Crippen molar-refractivity contribution in [1.29, 1.82) is 0 Å². The van der Waals surface area contributed by atoms with Crippen LogP contribution in [0.15, 0.2) is 40.8 Å². The van der Waals surface area contributed by atoms with E-state index in [-0.39, 0.29) is 5.82 Å². The smallest absolute Gasteiger partial charge is 0.134 e. The highest BCUT2D eigenvalue weighted by molar-refractivity contribution is 7.99. The highest BCUT2D eigenvalue weighted by Gasteiger charge is 2.13. The van der Waals surface area contributed by atoms with E-state index in [9.17, 15) is 4.39 Å². The van der Waals surface area contributed by atoms with Crippen LogP contribution in [0.1, 0.15) is 18.6 Å². The fourth-order valence-corrected chi connectivity index (χ4v) is 3.50. The van der Waals surface area contributed by atoms with Crippen LogP contribution in [0.25, 0.3) is 11.3 Å². The number of hydrogen-bond acceptors (Lipinski definition) is 3. The van der Waals surface area contributed by atoms with Crippen molar-refractivity contribution < 1.29 is 8.81 Å². The summed E-state index contributed by atoms with van der Waals surface area (Å²) in [6, 6.07) is 10.9. The van der Waals surface area contributed by atoms with E-state index in [1.807, 2.05) is 23.9 Å². The molecule has 0 radical (unpaired) electrons. The lowest BCUT2D eigenvalue weighted by atomic mass is 10.2. The fourth-order valence-electron chi connectivity index (χ4n) is 2.39. The second-order valence-corrected chi connectivity index (χ2v) is 6.22. The van der Waals surface area contributed by atoms with Gasteiger partial charge in [0.05, 0.1) is 6.54 Å². The van der Waals surface area contributed by atoms with Gasteiger partial charge in [0, 0.05) is 17.4 Å². The Balaban J connectivity index is 1.60. The van der Waals surface area contributed by atoms with Gasteiger partial charge in [0.2, 0.25) is 0 Å². The van der Waals surface area contributed by atoms with Crippen LogP contribution in [0.4, 0.5) is 4.39 Å². The van der Waals surface area contributed by atoms with Crippen molar-refractivity contribution in [1.82, 2.24) is 5.32 Å². The summed E-state index contributed by atoms with van der Waals surface area (Å²) in [7, 11) is 0. The lowest BCUT2D eigenvalue weighted by Gasteiger charge is -2.21. The maximum atomic E-state index is 12.9. The molecule has 1 aromatic heterocycles. The van der Waals surface area contributed by atoms with Gasteiger partial charge < -0.3 is 9.73 Å². The zero-order valence-corrected chi connectivity index (χ0v) is 12.1. The predicted octanol–water partition coefficient (Wildman–Crippen LogP) is 4.07. The van der Waals surface area contributed by atoms with Crippen molar-refractivity contribution >= 4 is 11.8 Å². The van der Waals surface area contributed by atoms with Crippen molar-refractivity contribution in [3.05, 3.63) is 48.0 Å². The molecule has 1 saturated heterocycles. The van der Waals surface area contributed by atoms with Crippen molar-refractivity contribution in [3.63, 3.8) is 0 Å². The first kappa shape index (κ1) is 13.7. The van der Waals surface area contributed by atoms with Gasteiger partial charge in [-0.15, -0.1) is 0 Å². The highest BCUT2D eigenvalue weighted by Crippen LogP contribution is 2.23. The first-order chi connectivity index (χ1) is 9.81. The average molecular weight is 291 g/mol. The average Bonchev–Trinajstić information content (AvgIpc) is 2.96. The summed E-state index contributed by atoms with van der Waals surface area (Å²) >= 11 is 2.01. The molecule has 0 aliphatic carbocycles. The summed E-state index contributed by atoms with van der Waals surface area (Å²) in [5, 5.41) is 3.54. The molecule has 1 atom stereocenters. The summed E-state index contributed by atoms with van der Waals surface area (Å²) in [5.74, 6) is 3.97. The Labute approximate surface area is 122 Å². The van der Waals surface area contributed by atoms with Gasteiger partial charge in [-0.1, -0.05) is 0 Å². The van der Waals surface area contributed by atoms with E-state index < -0.39 is 0 Å². The number of furan rings is 1. The molecule has 0 bridgehead atoms.